The molecular weight excluding hydrogens is 394 g/mol. The molecule has 4 rings (SSSR count). The van der Waals surface area contributed by atoms with Crippen molar-refractivity contribution in [3.05, 3.63) is 34.7 Å². The van der Waals surface area contributed by atoms with Gasteiger partial charge >= 0.3 is 11.8 Å². The summed E-state index contributed by atoms with van der Waals surface area (Å²) in [5.74, 6) is 0. The molecule has 3 heterocycles. The van der Waals surface area contributed by atoms with Gasteiger partial charge in [0.15, 0.2) is 0 Å². The molecule has 30 heavy (non-hydrogen) atoms. The molecule has 2 aliphatic heterocycles. The summed E-state index contributed by atoms with van der Waals surface area (Å²) in [4.78, 5) is 28.8. The fourth-order valence-corrected chi connectivity index (χ4v) is 4.95. The number of methoxy groups -OCH3 is 1. The summed E-state index contributed by atoms with van der Waals surface area (Å²) in [6, 6.07) is 7.62. The van der Waals surface area contributed by atoms with E-state index in [1.165, 1.54) is 11.7 Å². The summed E-state index contributed by atoms with van der Waals surface area (Å²) in [5, 5.41) is 0. The van der Waals surface area contributed by atoms with E-state index >= 15 is 0 Å². The summed E-state index contributed by atoms with van der Waals surface area (Å²) in [6.45, 7) is 2.52. The number of fused-ring (bicyclic) bond motifs is 1. The molecule has 0 aliphatic carbocycles. The van der Waals surface area contributed by atoms with Crippen LogP contribution in [0.25, 0.3) is 11.0 Å². The van der Waals surface area contributed by atoms with Crippen LogP contribution in [-0.4, -0.2) is 70.8 Å². The molecule has 0 N–H and O–H groups in total. The van der Waals surface area contributed by atoms with E-state index in [4.69, 9.17) is 4.74 Å². The minimum absolute atomic E-state index is 0.00716. The SMILES string of the molecule is COC(=O)N1CCC(N2CCC(n3c(=O)n(CC(F)F)c4ccccc43)CC2)CC1. The Morgan fingerprint density at radius 2 is 1.63 bits per heavy atom. The molecule has 2 saturated heterocycles. The summed E-state index contributed by atoms with van der Waals surface area (Å²) in [6.07, 6.45) is 0.590. The van der Waals surface area contributed by atoms with Gasteiger partial charge in [0.2, 0.25) is 0 Å². The van der Waals surface area contributed by atoms with Gasteiger partial charge in [0.05, 0.1) is 24.7 Å². The lowest BCUT2D eigenvalue weighted by atomic mass is 9.97. The number of halogens is 2. The number of alkyl halides is 2. The lowest BCUT2D eigenvalue weighted by Gasteiger charge is -2.41. The Hall–Kier alpha value is -2.42. The van der Waals surface area contributed by atoms with Crippen molar-refractivity contribution in [1.82, 2.24) is 18.9 Å². The number of benzene rings is 1. The Balaban J connectivity index is 1.45. The highest BCUT2D eigenvalue weighted by molar-refractivity contribution is 5.76. The second-order valence-electron chi connectivity index (χ2n) is 8.10. The third kappa shape index (κ3) is 3.95. The molecule has 1 aromatic carbocycles. The van der Waals surface area contributed by atoms with Gasteiger partial charge in [0.1, 0.15) is 0 Å². The lowest BCUT2D eigenvalue weighted by Crippen LogP contribution is -2.49. The fourth-order valence-electron chi connectivity index (χ4n) is 4.95. The third-order valence-corrected chi connectivity index (χ3v) is 6.47. The predicted octanol–water partition coefficient (Wildman–Crippen LogP) is 2.94. The quantitative estimate of drug-likeness (QED) is 0.760. The van der Waals surface area contributed by atoms with Gasteiger partial charge in [-0.05, 0) is 37.8 Å². The van der Waals surface area contributed by atoms with Crippen LogP contribution >= 0.6 is 0 Å². The number of ether oxygens (including phenoxy) is 1. The highest BCUT2D eigenvalue weighted by atomic mass is 19.3. The Morgan fingerprint density at radius 3 is 2.23 bits per heavy atom. The highest BCUT2D eigenvalue weighted by Crippen LogP contribution is 2.29. The number of carbonyl (C=O) groups is 1. The average Bonchev–Trinajstić information content (AvgIpc) is 3.04. The number of nitrogens with zero attached hydrogens (tertiary/aromatic N) is 4. The van der Waals surface area contributed by atoms with E-state index in [1.54, 1.807) is 21.6 Å². The van der Waals surface area contributed by atoms with E-state index in [0.29, 0.717) is 24.6 Å². The zero-order chi connectivity index (χ0) is 21.3. The first-order chi connectivity index (χ1) is 14.5. The van der Waals surface area contributed by atoms with Gasteiger partial charge in [0, 0.05) is 38.3 Å². The zero-order valence-corrected chi connectivity index (χ0v) is 17.2. The summed E-state index contributed by atoms with van der Waals surface area (Å²) >= 11 is 0. The maximum Gasteiger partial charge on any atom is 0.409 e. The second-order valence-corrected chi connectivity index (χ2v) is 8.10. The van der Waals surface area contributed by atoms with Gasteiger partial charge < -0.3 is 14.5 Å². The predicted molar refractivity (Wildman–Crippen MR) is 109 cm³/mol. The summed E-state index contributed by atoms with van der Waals surface area (Å²) < 4.78 is 33.8. The lowest BCUT2D eigenvalue weighted by molar-refractivity contribution is 0.0684. The summed E-state index contributed by atoms with van der Waals surface area (Å²) in [7, 11) is 1.40. The van der Waals surface area contributed by atoms with E-state index in [1.807, 2.05) is 12.1 Å². The molecule has 7 nitrogen and oxygen atoms in total. The number of hydrogen-bond donors (Lipinski definition) is 0. The van der Waals surface area contributed by atoms with Gasteiger partial charge in [-0.2, -0.15) is 0 Å². The minimum atomic E-state index is -2.57. The first kappa shape index (κ1) is 20.8. The van der Waals surface area contributed by atoms with Crippen LogP contribution < -0.4 is 5.69 Å². The number of aromatic nitrogens is 2. The average molecular weight is 422 g/mol. The minimum Gasteiger partial charge on any atom is -0.453 e. The monoisotopic (exact) mass is 422 g/mol. The molecule has 1 amide bonds. The molecule has 2 aliphatic rings. The van der Waals surface area contributed by atoms with Gasteiger partial charge in [-0.15, -0.1) is 0 Å². The number of hydrogen-bond acceptors (Lipinski definition) is 4. The number of piperidine rings is 2. The van der Waals surface area contributed by atoms with Gasteiger partial charge in [-0.25, -0.2) is 18.4 Å². The molecule has 0 unspecified atom stereocenters. The maximum absolute atomic E-state index is 13.0. The molecule has 0 radical (unpaired) electrons. The van der Waals surface area contributed by atoms with Crippen molar-refractivity contribution >= 4 is 17.1 Å². The number of amides is 1. The summed E-state index contributed by atoms with van der Waals surface area (Å²) in [5.41, 5.74) is 0.953. The molecule has 9 heteroatoms. The molecule has 1 aromatic heterocycles. The first-order valence-corrected chi connectivity index (χ1v) is 10.5. The maximum atomic E-state index is 13.0. The highest BCUT2D eigenvalue weighted by Gasteiger charge is 2.31. The van der Waals surface area contributed by atoms with Crippen molar-refractivity contribution in [2.24, 2.45) is 0 Å². The van der Waals surface area contributed by atoms with Crippen molar-refractivity contribution in [3.63, 3.8) is 0 Å². The van der Waals surface area contributed by atoms with Crippen LogP contribution in [0.4, 0.5) is 13.6 Å². The molecular formula is C21H28F2N4O3. The van der Waals surface area contributed by atoms with E-state index < -0.39 is 13.0 Å². The number of likely N-dealkylation sites (tertiary alicyclic amines) is 2. The van der Waals surface area contributed by atoms with Gasteiger partial charge in [-0.1, -0.05) is 12.1 Å². The van der Waals surface area contributed by atoms with E-state index in [2.05, 4.69) is 4.90 Å². The third-order valence-electron chi connectivity index (χ3n) is 6.47. The van der Waals surface area contributed by atoms with Crippen molar-refractivity contribution in [3.8, 4) is 0 Å². The molecule has 2 aromatic rings. The Labute approximate surface area is 173 Å². The van der Waals surface area contributed by atoms with Crippen LogP contribution in [0.5, 0.6) is 0 Å². The Morgan fingerprint density at radius 1 is 1.03 bits per heavy atom. The van der Waals surface area contributed by atoms with Crippen molar-refractivity contribution in [2.45, 2.75) is 50.7 Å². The van der Waals surface area contributed by atoms with Crippen LogP contribution in [-0.2, 0) is 11.3 Å². The van der Waals surface area contributed by atoms with E-state index in [0.717, 1.165) is 44.3 Å². The molecule has 0 saturated carbocycles. The van der Waals surface area contributed by atoms with Crippen molar-refractivity contribution < 1.29 is 18.3 Å². The van der Waals surface area contributed by atoms with Gasteiger partial charge in [0.25, 0.3) is 6.43 Å². The van der Waals surface area contributed by atoms with Crippen LogP contribution in [0.3, 0.4) is 0 Å². The Kier molecular flexibility index (Phi) is 6.08. The van der Waals surface area contributed by atoms with Gasteiger partial charge in [-0.3, -0.25) is 9.13 Å². The molecule has 0 spiro atoms. The molecule has 164 valence electrons. The second kappa shape index (κ2) is 8.75. The Bertz CT molecular complexity index is 941. The number of carbonyl (C=O) groups excluding carboxylic acids is 1. The first-order valence-electron chi connectivity index (χ1n) is 10.5. The zero-order valence-electron chi connectivity index (χ0n) is 17.2. The smallest absolute Gasteiger partial charge is 0.409 e. The largest absolute Gasteiger partial charge is 0.453 e. The molecule has 0 atom stereocenters. The topological polar surface area (TPSA) is 59.7 Å². The number of para-hydroxylation sites is 2. The van der Waals surface area contributed by atoms with Crippen LogP contribution in [0.1, 0.15) is 31.7 Å². The van der Waals surface area contributed by atoms with Crippen LogP contribution in [0.15, 0.2) is 29.1 Å². The molecule has 2 fully saturated rings. The van der Waals surface area contributed by atoms with Crippen LogP contribution in [0, 0.1) is 0 Å². The van der Waals surface area contributed by atoms with E-state index in [9.17, 15) is 18.4 Å². The van der Waals surface area contributed by atoms with Crippen molar-refractivity contribution in [2.75, 3.05) is 33.3 Å². The van der Waals surface area contributed by atoms with Crippen LogP contribution in [0.2, 0.25) is 0 Å². The van der Waals surface area contributed by atoms with E-state index in [-0.39, 0.29) is 17.8 Å². The standard InChI is InChI=1S/C21H28F2N4O3/c1-30-21(29)25-12-6-15(7-13-25)24-10-8-16(9-11-24)27-18-5-3-2-4-17(18)26(20(27)28)14-19(22)23/h2-5,15-16,19H,6-14H2,1H3. The van der Waals surface area contributed by atoms with Crippen molar-refractivity contribution in [1.29, 1.82) is 0 Å². The molecule has 0 bridgehead atoms. The number of rotatable bonds is 4. The number of imidazole rings is 1. The fraction of sp³-hybridized carbons (Fsp3) is 0.619. The normalized spacial score (nSPS) is 19.7.